The first-order chi connectivity index (χ1) is 29.0. The molecule has 0 saturated heterocycles. The third-order valence-corrected chi connectivity index (χ3v) is 12.3. The minimum absolute atomic E-state index is 0.0180. The van der Waals surface area contributed by atoms with Crippen molar-refractivity contribution in [1.29, 1.82) is 0 Å². The monoisotopic (exact) mass is 755 g/mol. The summed E-state index contributed by atoms with van der Waals surface area (Å²) < 4.78 is 6.45. The number of para-hydroxylation sites is 2. The normalized spacial score (nSPS) is 12.7. The van der Waals surface area contributed by atoms with Crippen LogP contribution in [0.1, 0.15) is 25.0 Å². The molecule has 0 amide bonds. The number of fused-ring (bicyclic) bond motifs is 6. The topological polar surface area (TPSA) is 16.4 Å². The maximum Gasteiger partial charge on any atom is 0.143 e. The SMILES string of the molecule is CC1(C)c2ccccc2-c2cc(-c3ccc(N(c4ccc(-c5cccc6c5oc5ccccc56)cc4)c4cc(-c5ccccc5)cc(-c5ccccc5)c4)cc3)ccc21. The molecule has 0 fully saturated rings. The van der Waals surface area contributed by atoms with E-state index in [1.807, 2.05) is 12.1 Å². The lowest BCUT2D eigenvalue weighted by atomic mass is 9.82. The average Bonchev–Trinajstić information content (AvgIpc) is 3.79. The smallest absolute Gasteiger partial charge is 0.143 e. The molecule has 2 nitrogen and oxygen atoms in total. The number of hydrogen-bond acceptors (Lipinski definition) is 2. The molecular formula is C57H41NO. The van der Waals surface area contributed by atoms with Gasteiger partial charge in [0.1, 0.15) is 11.2 Å². The van der Waals surface area contributed by atoms with Crippen LogP contribution >= 0.6 is 0 Å². The van der Waals surface area contributed by atoms with Crippen molar-refractivity contribution in [2.75, 3.05) is 4.90 Å². The lowest BCUT2D eigenvalue weighted by molar-refractivity contribution is 0.660. The van der Waals surface area contributed by atoms with Crippen molar-refractivity contribution >= 4 is 39.0 Å². The van der Waals surface area contributed by atoms with E-state index < -0.39 is 0 Å². The zero-order valence-electron chi connectivity index (χ0n) is 33.1. The standard InChI is InChI=1S/C57H41NO/c1-57(2)53-22-11-9-18-49(53)52-37-42(28-33-54(52)57)40-24-29-45(30-25-40)58(47-35-43(38-14-5-3-6-15-38)34-44(36-47)39-16-7-4-8-17-39)46-31-26-41(27-32-46)48-20-13-21-51-50-19-10-12-23-55(50)59-56(48)51/h3-37H,1-2H3. The zero-order valence-corrected chi connectivity index (χ0v) is 33.1. The van der Waals surface area contributed by atoms with Gasteiger partial charge in [-0.25, -0.2) is 0 Å². The Bertz CT molecular complexity index is 3100. The van der Waals surface area contributed by atoms with Gasteiger partial charge in [0.05, 0.1) is 0 Å². The van der Waals surface area contributed by atoms with E-state index in [-0.39, 0.29) is 5.41 Å². The van der Waals surface area contributed by atoms with Gasteiger partial charge in [0.2, 0.25) is 0 Å². The van der Waals surface area contributed by atoms with E-state index in [1.165, 1.54) is 44.5 Å². The fourth-order valence-electron chi connectivity index (χ4n) is 9.25. The van der Waals surface area contributed by atoms with Gasteiger partial charge in [0.25, 0.3) is 0 Å². The van der Waals surface area contributed by atoms with Crippen LogP contribution in [0.25, 0.3) is 77.6 Å². The predicted octanol–water partition coefficient (Wildman–Crippen LogP) is 16.0. The summed E-state index contributed by atoms with van der Waals surface area (Å²) in [7, 11) is 0. The predicted molar refractivity (Wildman–Crippen MR) is 248 cm³/mol. The Morgan fingerprint density at radius 2 is 0.864 bits per heavy atom. The van der Waals surface area contributed by atoms with E-state index >= 15 is 0 Å². The fraction of sp³-hybridized carbons (Fsp3) is 0.0526. The zero-order chi connectivity index (χ0) is 39.5. The molecule has 0 N–H and O–H groups in total. The van der Waals surface area contributed by atoms with Gasteiger partial charge < -0.3 is 9.32 Å². The molecule has 9 aromatic carbocycles. The first-order valence-electron chi connectivity index (χ1n) is 20.4. The molecule has 11 rings (SSSR count). The molecule has 0 spiro atoms. The minimum atomic E-state index is -0.0180. The molecule has 0 unspecified atom stereocenters. The lowest BCUT2D eigenvalue weighted by Gasteiger charge is -2.27. The fourth-order valence-corrected chi connectivity index (χ4v) is 9.25. The molecule has 1 aliphatic rings. The Kier molecular flexibility index (Phi) is 8.20. The second-order valence-corrected chi connectivity index (χ2v) is 16.1. The van der Waals surface area contributed by atoms with Gasteiger partial charge in [-0.2, -0.15) is 0 Å². The molecule has 59 heavy (non-hydrogen) atoms. The van der Waals surface area contributed by atoms with E-state index in [0.717, 1.165) is 61.3 Å². The molecule has 280 valence electrons. The van der Waals surface area contributed by atoms with Gasteiger partial charge in [-0.3, -0.25) is 0 Å². The maximum absolute atomic E-state index is 6.45. The third kappa shape index (κ3) is 5.96. The highest BCUT2D eigenvalue weighted by atomic mass is 16.3. The Morgan fingerprint density at radius 3 is 1.56 bits per heavy atom. The number of rotatable bonds is 7. The van der Waals surface area contributed by atoms with Gasteiger partial charge >= 0.3 is 0 Å². The summed E-state index contributed by atoms with van der Waals surface area (Å²) >= 11 is 0. The van der Waals surface area contributed by atoms with Crippen molar-refractivity contribution < 1.29 is 4.42 Å². The molecule has 2 heteroatoms. The summed E-state index contributed by atoms with van der Waals surface area (Å²) in [5, 5.41) is 2.27. The molecule has 0 bridgehead atoms. The number of nitrogens with zero attached hydrogens (tertiary/aromatic N) is 1. The van der Waals surface area contributed by atoms with Crippen LogP contribution in [-0.4, -0.2) is 0 Å². The number of hydrogen-bond donors (Lipinski definition) is 0. The van der Waals surface area contributed by atoms with E-state index in [4.69, 9.17) is 4.42 Å². The van der Waals surface area contributed by atoms with Crippen LogP contribution in [0, 0.1) is 0 Å². The van der Waals surface area contributed by atoms with E-state index in [2.05, 4.69) is 219 Å². The van der Waals surface area contributed by atoms with E-state index in [0.29, 0.717) is 0 Å². The van der Waals surface area contributed by atoms with Gasteiger partial charge in [-0.05, 0) is 116 Å². The van der Waals surface area contributed by atoms with Crippen LogP contribution in [0.3, 0.4) is 0 Å². The summed E-state index contributed by atoms with van der Waals surface area (Å²) in [5.74, 6) is 0. The number of furan rings is 1. The Labute approximate surface area is 345 Å². The van der Waals surface area contributed by atoms with E-state index in [1.54, 1.807) is 0 Å². The largest absolute Gasteiger partial charge is 0.455 e. The number of benzene rings is 9. The molecule has 0 aliphatic heterocycles. The second kappa shape index (κ2) is 13.9. The Balaban J connectivity index is 1.04. The molecule has 0 saturated carbocycles. The minimum Gasteiger partial charge on any atom is -0.455 e. The molecule has 1 aromatic heterocycles. The highest BCUT2D eigenvalue weighted by Crippen LogP contribution is 2.50. The molecular weight excluding hydrogens is 715 g/mol. The highest BCUT2D eigenvalue weighted by Gasteiger charge is 2.35. The first kappa shape index (κ1) is 34.8. The van der Waals surface area contributed by atoms with Gasteiger partial charge in [-0.1, -0.05) is 172 Å². The van der Waals surface area contributed by atoms with E-state index in [9.17, 15) is 0 Å². The molecule has 1 aliphatic carbocycles. The van der Waals surface area contributed by atoms with Crippen LogP contribution in [0.5, 0.6) is 0 Å². The van der Waals surface area contributed by atoms with Gasteiger partial charge in [-0.15, -0.1) is 0 Å². The van der Waals surface area contributed by atoms with Crippen LogP contribution in [-0.2, 0) is 5.41 Å². The summed E-state index contributed by atoms with van der Waals surface area (Å²) in [4.78, 5) is 2.38. The maximum atomic E-state index is 6.45. The summed E-state index contributed by atoms with van der Waals surface area (Å²) in [6.07, 6.45) is 0. The molecule has 1 heterocycles. The van der Waals surface area contributed by atoms with Gasteiger partial charge in [0, 0.05) is 38.8 Å². The summed E-state index contributed by atoms with van der Waals surface area (Å²) in [6, 6.07) is 76.9. The lowest BCUT2D eigenvalue weighted by Crippen LogP contribution is -2.14. The van der Waals surface area contributed by atoms with Crippen molar-refractivity contribution in [3.63, 3.8) is 0 Å². The first-order valence-corrected chi connectivity index (χ1v) is 20.4. The second-order valence-electron chi connectivity index (χ2n) is 16.1. The van der Waals surface area contributed by atoms with Gasteiger partial charge in [0.15, 0.2) is 0 Å². The number of anilines is 3. The quantitative estimate of drug-likeness (QED) is 0.161. The van der Waals surface area contributed by atoms with Crippen LogP contribution in [0.2, 0.25) is 0 Å². The molecule has 0 atom stereocenters. The Hall–Kier alpha value is -7.42. The third-order valence-electron chi connectivity index (χ3n) is 12.3. The van der Waals surface area contributed by atoms with Crippen LogP contribution < -0.4 is 4.90 Å². The average molecular weight is 756 g/mol. The molecule has 0 radical (unpaired) electrons. The van der Waals surface area contributed by atoms with Crippen molar-refractivity contribution in [1.82, 2.24) is 0 Å². The van der Waals surface area contributed by atoms with Crippen molar-refractivity contribution in [3.8, 4) is 55.6 Å². The summed E-state index contributed by atoms with van der Waals surface area (Å²) in [6.45, 7) is 4.67. The molecule has 10 aromatic rings. The van der Waals surface area contributed by atoms with Crippen LogP contribution in [0.4, 0.5) is 17.1 Å². The summed E-state index contributed by atoms with van der Waals surface area (Å²) in [5.41, 5.74) is 19.8. The Morgan fingerprint density at radius 1 is 0.339 bits per heavy atom. The van der Waals surface area contributed by atoms with Crippen molar-refractivity contribution in [3.05, 3.63) is 223 Å². The van der Waals surface area contributed by atoms with Crippen molar-refractivity contribution in [2.24, 2.45) is 0 Å². The highest BCUT2D eigenvalue weighted by molar-refractivity contribution is 6.09. The van der Waals surface area contributed by atoms with Crippen molar-refractivity contribution in [2.45, 2.75) is 19.3 Å². The van der Waals surface area contributed by atoms with Crippen LogP contribution in [0.15, 0.2) is 217 Å².